The zero-order valence-corrected chi connectivity index (χ0v) is 22.4. The predicted octanol–water partition coefficient (Wildman–Crippen LogP) is 5.33. The fourth-order valence-electron chi connectivity index (χ4n) is 4.04. The number of Topliss-reactive ketones (excluding diaryl/α,β-unsaturated/α-hetero) is 1. The Morgan fingerprint density at radius 3 is 2.47 bits per heavy atom. The van der Waals surface area contributed by atoms with E-state index in [0.717, 1.165) is 15.8 Å². The predicted molar refractivity (Wildman–Crippen MR) is 139 cm³/mol. The first kappa shape index (κ1) is 25.6. The lowest BCUT2D eigenvalue weighted by molar-refractivity contribution is -0.132. The zero-order valence-electron chi connectivity index (χ0n) is 20.0. The number of thiazole rings is 1. The van der Waals surface area contributed by atoms with Crippen LogP contribution in [-0.4, -0.2) is 41.5 Å². The molecular weight excluding hydrogens is 548 g/mol. The monoisotopic (exact) mass is 570 g/mol. The van der Waals surface area contributed by atoms with Gasteiger partial charge >= 0.3 is 11.9 Å². The average molecular weight is 571 g/mol. The van der Waals surface area contributed by atoms with Gasteiger partial charge in [-0.15, -0.1) is 0 Å². The van der Waals surface area contributed by atoms with Gasteiger partial charge < -0.3 is 14.6 Å². The van der Waals surface area contributed by atoms with E-state index < -0.39 is 23.7 Å². The second kappa shape index (κ2) is 10.2. The van der Waals surface area contributed by atoms with Crippen molar-refractivity contribution in [2.75, 3.05) is 18.6 Å². The number of nitrogens with zero attached hydrogens (tertiary/aromatic N) is 2. The first-order chi connectivity index (χ1) is 17.2. The lowest BCUT2D eigenvalue weighted by atomic mass is 9.94. The molecule has 1 amide bonds. The highest BCUT2D eigenvalue weighted by molar-refractivity contribution is 9.10. The summed E-state index contributed by atoms with van der Waals surface area (Å²) in [6, 6.07) is 11.2. The molecule has 0 spiro atoms. The number of anilines is 1. The highest BCUT2D eigenvalue weighted by Gasteiger charge is 2.48. The molecule has 4 rings (SSSR count). The highest BCUT2D eigenvalue weighted by atomic mass is 79.9. The summed E-state index contributed by atoms with van der Waals surface area (Å²) in [5.74, 6) is -1.95. The molecule has 0 radical (unpaired) electrons. The smallest absolute Gasteiger partial charge is 0.350 e. The SMILES string of the molecule is CCOC(=O)c1sc(N2C(=O)C(=O)/C(=C(/O)c3ccc(OC)cc3C)[C@@H]2c2ccc(Br)cc2)nc1C. The number of ketones is 1. The van der Waals surface area contributed by atoms with Crippen molar-refractivity contribution in [3.05, 3.63) is 79.8 Å². The number of methoxy groups -OCH3 is 1. The Morgan fingerprint density at radius 2 is 1.86 bits per heavy atom. The third-order valence-electron chi connectivity index (χ3n) is 5.77. The topological polar surface area (TPSA) is 106 Å². The highest BCUT2D eigenvalue weighted by Crippen LogP contribution is 2.44. The molecule has 1 saturated heterocycles. The Labute approximate surface area is 220 Å². The number of carbonyl (C=O) groups is 3. The number of rotatable bonds is 6. The van der Waals surface area contributed by atoms with Crippen molar-refractivity contribution in [3.8, 4) is 5.75 Å². The number of halogens is 1. The minimum atomic E-state index is -0.958. The second-order valence-electron chi connectivity index (χ2n) is 8.03. The number of aryl methyl sites for hydroxylation is 2. The second-order valence-corrected chi connectivity index (χ2v) is 9.93. The molecule has 2 aromatic carbocycles. The number of aliphatic hydroxyl groups is 1. The van der Waals surface area contributed by atoms with E-state index in [1.54, 1.807) is 63.2 Å². The quantitative estimate of drug-likeness (QED) is 0.184. The number of esters is 1. The van der Waals surface area contributed by atoms with Crippen LogP contribution in [0.4, 0.5) is 5.13 Å². The molecule has 1 aromatic heterocycles. The van der Waals surface area contributed by atoms with E-state index in [0.29, 0.717) is 28.1 Å². The maximum absolute atomic E-state index is 13.4. The molecule has 3 aromatic rings. The van der Waals surface area contributed by atoms with Crippen molar-refractivity contribution in [2.24, 2.45) is 0 Å². The van der Waals surface area contributed by atoms with Gasteiger partial charge in [0.1, 0.15) is 16.4 Å². The summed E-state index contributed by atoms with van der Waals surface area (Å²) in [7, 11) is 1.54. The van der Waals surface area contributed by atoms with Crippen molar-refractivity contribution < 1.29 is 29.0 Å². The van der Waals surface area contributed by atoms with Gasteiger partial charge in [-0.25, -0.2) is 9.78 Å². The van der Waals surface area contributed by atoms with Gasteiger partial charge in [-0.3, -0.25) is 14.5 Å². The molecule has 1 aliphatic heterocycles. The van der Waals surface area contributed by atoms with Gasteiger partial charge in [-0.2, -0.15) is 0 Å². The van der Waals surface area contributed by atoms with Gasteiger partial charge in [-0.1, -0.05) is 39.4 Å². The van der Waals surface area contributed by atoms with Crippen LogP contribution >= 0.6 is 27.3 Å². The van der Waals surface area contributed by atoms with Crippen molar-refractivity contribution >= 4 is 55.8 Å². The number of hydrogen-bond donors (Lipinski definition) is 1. The number of aromatic nitrogens is 1. The van der Waals surface area contributed by atoms with E-state index >= 15 is 0 Å². The number of amides is 1. The third kappa shape index (κ3) is 4.54. The molecule has 1 N–H and O–H groups in total. The van der Waals surface area contributed by atoms with E-state index in [1.807, 2.05) is 0 Å². The van der Waals surface area contributed by atoms with Gasteiger partial charge in [0.25, 0.3) is 5.78 Å². The first-order valence-corrected chi connectivity index (χ1v) is 12.6. The van der Waals surface area contributed by atoms with Gasteiger partial charge in [0.2, 0.25) is 0 Å². The van der Waals surface area contributed by atoms with Crippen LogP contribution in [0.1, 0.15) is 45.0 Å². The van der Waals surface area contributed by atoms with Gasteiger partial charge in [0.05, 0.1) is 31.0 Å². The Bertz CT molecular complexity index is 1400. The van der Waals surface area contributed by atoms with E-state index in [-0.39, 0.29) is 27.9 Å². The molecule has 1 fully saturated rings. The molecular formula is C26H23BrN2O6S. The minimum absolute atomic E-state index is 0.0684. The van der Waals surface area contributed by atoms with Gasteiger partial charge in [0.15, 0.2) is 5.13 Å². The van der Waals surface area contributed by atoms with Crippen molar-refractivity contribution in [2.45, 2.75) is 26.8 Å². The van der Waals surface area contributed by atoms with Crippen LogP contribution in [0, 0.1) is 13.8 Å². The lowest BCUT2D eigenvalue weighted by Gasteiger charge is -2.23. The molecule has 1 aliphatic rings. The standard InChI is InChI=1S/C26H23BrN2O6S/c1-5-35-25(33)23-14(3)28-26(36-23)29-20(15-6-8-16(27)9-7-15)19(22(31)24(29)32)21(30)18-11-10-17(34-4)12-13(18)2/h6-12,20,30H,5H2,1-4H3/b21-19+/t20-/m0/s1. The number of hydrogen-bond acceptors (Lipinski definition) is 8. The number of carbonyl (C=O) groups excluding carboxylic acids is 3. The van der Waals surface area contributed by atoms with Crippen LogP contribution in [0.2, 0.25) is 0 Å². The largest absolute Gasteiger partial charge is 0.507 e. The molecule has 0 unspecified atom stereocenters. The van der Waals surface area contributed by atoms with Crippen LogP contribution in [-0.2, 0) is 14.3 Å². The van der Waals surface area contributed by atoms with Crippen LogP contribution in [0.15, 0.2) is 52.5 Å². The molecule has 36 heavy (non-hydrogen) atoms. The summed E-state index contributed by atoms with van der Waals surface area (Å²) in [5.41, 5.74) is 1.98. The van der Waals surface area contributed by atoms with Crippen LogP contribution in [0.5, 0.6) is 5.75 Å². The molecule has 8 nitrogen and oxygen atoms in total. The van der Waals surface area contributed by atoms with E-state index in [9.17, 15) is 19.5 Å². The van der Waals surface area contributed by atoms with E-state index in [4.69, 9.17) is 9.47 Å². The molecule has 10 heteroatoms. The van der Waals surface area contributed by atoms with Gasteiger partial charge in [-0.05, 0) is 62.2 Å². The Kier molecular flexibility index (Phi) is 7.28. The summed E-state index contributed by atoms with van der Waals surface area (Å²) in [5, 5.41) is 11.5. The number of benzene rings is 2. The Morgan fingerprint density at radius 1 is 1.17 bits per heavy atom. The van der Waals surface area contributed by atoms with Crippen molar-refractivity contribution in [1.29, 1.82) is 0 Å². The van der Waals surface area contributed by atoms with Gasteiger partial charge in [0, 0.05) is 10.0 Å². The van der Waals surface area contributed by atoms with Crippen LogP contribution < -0.4 is 9.64 Å². The summed E-state index contributed by atoms with van der Waals surface area (Å²) in [6.45, 7) is 5.30. The van der Waals surface area contributed by atoms with E-state index in [1.165, 1.54) is 12.0 Å². The van der Waals surface area contributed by atoms with Crippen molar-refractivity contribution in [3.63, 3.8) is 0 Å². The Balaban J connectivity index is 1.92. The molecule has 186 valence electrons. The molecule has 1 atom stereocenters. The molecule has 0 saturated carbocycles. The first-order valence-electron chi connectivity index (χ1n) is 11.0. The van der Waals surface area contributed by atoms with Crippen LogP contribution in [0.3, 0.4) is 0 Å². The van der Waals surface area contributed by atoms with Crippen molar-refractivity contribution in [1.82, 2.24) is 4.98 Å². The zero-order chi connectivity index (χ0) is 26.1. The number of aliphatic hydroxyl groups excluding tert-OH is 1. The van der Waals surface area contributed by atoms with Crippen LogP contribution in [0.25, 0.3) is 5.76 Å². The molecule has 0 aliphatic carbocycles. The molecule has 0 bridgehead atoms. The number of ether oxygens (including phenoxy) is 2. The average Bonchev–Trinajstić information content (AvgIpc) is 3.36. The Hall–Kier alpha value is -3.50. The minimum Gasteiger partial charge on any atom is -0.507 e. The fourth-order valence-corrected chi connectivity index (χ4v) is 5.29. The maximum atomic E-state index is 13.4. The third-order valence-corrected chi connectivity index (χ3v) is 7.44. The summed E-state index contributed by atoms with van der Waals surface area (Å²) in [6.07, 6.45) is 0. The summed E-state index contributed by atoms with van der Waals surface area (Å²) in [4.78, 5) is 45.0. The summed E-state index contributed by atoms with van der Waals surface area (Å²) < 4.78 is 11.2. The maximum Gasteiger partial charge on any atom is 0.350 e. The lowest BCUT2D eigenvalue weighted by Crippen LogP contribution is -2.29. The summed E-state index contributed by atoms with van der Waals surface area (Å²) >= 11 is 4.37. The normalized spacial score (nSPS) is 16.9. The molecule has 2 heterocycles. The van der Waals surface area contributed by atoms with E-state index in [2.05, 4.69) is 20.9 Å². The fraction of sp³-hybridized carbons (Fsp3) is 0.231.